The van der Waals surface area contributed by atoms with Gasteiger partial charge in [0.2, 0.25) is 0 Å². The number of hydrogen-bond acceptors (Lipinski definition) is 4. The summed E-state index contributed by atoms with van der Waals surface area (Å²) in [4.78, 5) is 4.90. The lowest BCUT2D eigenvalue weighted by atomic mass is 10.1. The number of sulfone groups is 1. The first-order chi connectivity index (χ1) is 13.8. The predicted molar refractivity (Wildman–Crippen MR) is 119 cm³/mol. The normalized spacial score (nSPS) is 13.0. The average molecular weight is 438 g/mol. The molecule has 158 valence electrons. The van der Waals surface area contributed by atoms with Crippen molar-refractivity contribution in [2.45, 2.75) is 31.3 Å². The van der Waals surface area contributed by atoms with Crippen molar-refractivity contribution in [3.05, 3.63) is 59.1 Å². The molecule has 0 heterocycles. The Kier molecular flexibility index (Phi) is 8.79. The van der Waals surface area contributed by atoms with Crippen LogP contribution in [0, 0.1) is 0 Å². The molecule has 2 rings (SSSR count). The summed E-state index contributed by atoms with van der Waals surface area (Å²) in [5.74, 6) is 1.43. The molecule has 0 aliphatic heterocycles. The Labute approximate surface area is 178 Å². The van der Waals surface area contributed by atoms with E-state index in [1.165, 1.54) is 6.26 Å². The van der Waals surface area contributed by atoms with Crippen LogP contribution in [-0.4, -0.2) is 46.4 Å². The minimum atomic E-state index is -3.17. The first-order valence-corrected chi connectivity index (χ1v) is 11.8. The second-order valence-corrected chi connectivity index (χ2v) is 9.15. The van der Waals surface area contributed by atoms with Crippen LogP contribution < -0.4 is 15.4 Å². The highest BCUT2D eigenvalue weighted by atomic mass is 35.5. The standard InChI is InChI=1S/C21H28ClN3O3S/c1-4-23-21(25-15-16(2)28-19-7-5-6-18(22)14-19)24-13-12-17-8-10-20(11-9-17)29(3,26)27/h5-11,14,16H,4,12-13,15H2,1-3H3,(H2,23,24,25). The fourth-order valence-electron chi connectivity index (χ4n) is 2.60. The van der Waals surface area contributed by atoms with E-state index < -0.39 is 9.84 Å². The van der Waals surface area contributed by atoms with E-state index in [1.54, 1.807) is 24.3 Å². The first kappa shape index (κ1) is 23.0. The summed E-state index contributed by atoms with van der Waals surface area (Å²) in [6.45, 7) is 5.88. The van der Waals surface area contributed by atoms with E-state index >= 15 is 0 Å². The summed E-state index contributed by atoms with van der Waals surface area (Å²) in [6.07, 6.45) is 1.86. The molecule has 0 bridgehead atoms. The van der Waals surface area contributed by atoms with Gasteiger partial charge in [-0.25, -0.2) is 13.4 Å². The summed E-state index contributed by atoms with van der Waals surface area (Å²) in [7, 11) is -3.17. The fraction of sp³-hybridized carbons (Fsp3) is 0.381. The Morgan fingerprint density at radius 3 is 2.52 bits per heavy atom. The third-order valence-electron chi connectivity index (χ3n) is 4.04. The van der Waals surface area contributed by atoms with Gasteiger partial charge in [-0.1, -0.05) is 29.8 Å². The molecule has 0 aromatic heterocycles. The molecule has 0 saturated carbocycles. The number of nitrogens with zero attached hydrogens (tertiary/aromatic N) is 1. The van der Waals surface area contributed by atoms with Crippen molar-refractivity contribution < 1.29 is 13.2 Å². The Hall–Kier alpha value is -2.25. The summed E-state index contributed by atoms with van der Waals surface area (Å²) in [5.41, 5.74) is 1.05. The average Bonchev–Trinajstić information content (AvgIpc) is 2.66. The van der Waals surface area contributed by atoms with Crippen molar-refractivity contribution in [1.82, 2.24) is 10.6 Å². The van der Waals surface area contributed by atoms with Crippen LogP contribution in [0.5, 0.6) is 5.75 Å². The third-order valence-corrected chi connectivity index (χ3v) is 5.41. The molecule has 1 atom stereocenters. The maximum absolute atomic E-state index is 11.5. The van der Waals surface area contributed by atoms with Crippen molar-refractivity contribution in [1.29, 1.82) is 0 Å². The van der Waals surface area contributed by atoms with Gasteiger partial charge in [0.1, 0.15) is 11.9 Å². The van der Waals surface area contributed by atoms with Crippen molar-refractivity contribution in [2.75, 3.05) is 25.9 Å². The van der Waals surface area contributed by atoms with Crippen LogP contribution in [0.1, 0.15) is 19.4 Å². The van der Waals surface area contributed by atoms with Crippen molar-refractivity contribution >= 4 is 27.4 Å². The molecular weight excluding hydrogens is 410 g/mol. The molecule has 0 radical (unpaired) electrons. The van der Waals surface area contributed by atoms with Crippen molar-refractivity contribution in [3.8, 4) is 5.75 Å². The van der Waals surface area contributed by atoms with E-state index in [0.717, 1.165) is 24.3 Å². The number of hydrogen-bond donors (Lipinski definition) is 2. The summed E-state index contributed by atoms with van der Waals surface area (Å²) in [5, 5.41) is 7.13. The molecule has 0 saturated heterocycles. The van der Waals surface area contributed by atoms with Gasteiger partial charge in [0.05, 0.1) is 11.4 Å². The Balaban J connectivity index is 1.85. The number of halogens is 1. The van der Waals surface area contributed by atoms with Gasteiger partial charge in [0.15, 0.2) is 15.8 Å². The molecular formula is C21H28ClN3O3S. The minimum Gasteiger partial charge on any atom is -0.489 e. The second kappa shape index (κ2) is 11.1. The maximum Gasteiger partial charge on any atom is 0.191 e. The van der Waals surface area contributed by atoms with Crippen LogP contribution in [0.2, 0.25) is 5.02 Å². The Morgan fingerprint density at radius 2 is 1.90 bits per heavy atom. The van der Waals surface area contributed by atoms with Crippen LogP contribution >= 0.6 is 11.6 Å². The molecule has 1 unspecified atom stereocenters. The van der Waals surface area contributed by atoms with Crippen LogP contribution in [0.4, 0.5) is 0 Å². The number of nitrogens with one attached hydrogen (secondary N) is 2. The lowest BCUT2D eigenvalue weighted by Crippen LogP contribution is -2.39. The molecule has 0 amide bonds. The molecule has 2 aromatic rings. The fourth-order valence-corrected chi connectivity index (χ4v) is 3.41. The summed E-state index contributed by atoms with van der Waals surface area (Å²) in [6, 6.07) is 14.2. The number of guanidine groups is 1. The molecule has 0 spiro atoms. The number of benzene rings is 2. The van der Waals surface area contributed by atoms with E-state index in [2.05, 4.69) is 15.6 Å². The van der Waals surface area contributed by atoms with E-state index in [0.29, 0.717) is 29.0 Å². The van der Waals surface area contributed by atoms with Gasteiger partial charge in [0, 0.05) is 24.4 Å². The van der Waals surface area contributed by atoms with Gasteiger partial charge in [0.25, 0.3) is 0 Å². The molecule has 2 aromatic carbocycles. The number of ether oxygens (including phenoxy) is 1. The van der Waals surface area contributed by atoms with Gasteiger partial charge < -0.3 is 15.4 Å². The molecule has 2 N–H and O–H groups in total. The smallest absolute Gasteiger partial charge is 0.191 e. The first-order valence-electron chi connectivity index (χ1n) is 9.51. The molecule has 0 fully saturated rings. The van der Waals surface area contributed by atoms with Crippen molar-refractivity contribution in [2.24, 2.45) is 4.99 Å². The Bertz CT molecular complexity index is 915. The van der Waals surface area contributed by atoms with Crippen LogP contribution in [-0.2, 0) is 16.3 Å². The highest BCUT2D eigenvalue weighted by molar-refractivity contribution is 7.90. The largest absolute Gasteiger partial charge is 0.489 e. The Morgan fingerprint density at radius 1 is 1.17 bits per heavy atom. The van der Waals surface area contributed by atoms with E-state index in [1.807, 2.05) is 38.1 Å². The zero-order valence-corrected chi connectivity index (χ0v) is 18.6. The van der Waals surface area contributed by atoms with Crippen LogP contribution in [0.15, 0.2) is 58.4 Å². The zero-order chi connectivity index (χ0) is 21.3. The lowest BCUT2D eigenvalue weighted by Gasteiger charge is -2.15. The summed E-state index contributed by atoms with van der Waals surface area (Å²) >= 11 is 5.98. The summed E-state index contributed by atoms with van der Waals surface area (Å²) < 4.78 is 28.9. The van der Waals surface area contributed by atoms with E-state index in [9.17, 15) is 8.42 Å². The molecule has 0 aliphatic rings. The van der Waals surface area contributed by atoms with Gasteiger partial charge in [-0.2, -0.15) is 0 Å². The van der Waals surface area contributed by atoms with Crippen LogP contribution in [0.3, 0.4) is 0 Å². The highest BCUT2D eigenvalue weighted by Crippen LogP contribution is 2.18. The third kappa shape index (κ3) is 8.33. The lowest BCUT2D eigenvalue weighted by molar-refractivity contribution is 0.230. The molecule has 6 nitrogen and oxygen atoms in total. The monoisotopic (exact) mass is 437 g/mol. The van der Waals surface area contributed by atoms with Gasteiger partial charge in [-0.15, -0.1) is 0 Å². The number of aliphatic imine (C=N–C) groups is 1. The molecule has 29 heavy (non-hydrogen) atoms. The topological polar surface area (TPSA) is 79.8 Å². The van der Waals surface area contributed by atoms with Gasteiger partial charge in [-0.3, -0.25) is 0 Å². The SMILES string of the molecule is CCNC(=NCC(C)Oc1cccc(Cl)c1)NCCc1ccc(S(C)(=O)=O)cc1. The predicted octanol–water partition coefficient (Wildman–Crippen LogP) is 3.31. The maximum atomic E-state index is 11.5. The zero-order valence-electron chi connectivity index (χ0n) is 17.0. The minimum absolute atomic E-state index is 0.104. The van der Waals surface area contributed by atoms with E-state index in [4.69, 9.17) is 16.3 Å². The highest BCUT2D eigenvalue weighted by Gasteiger charge is 2.07. The second-order valence-electron chi connectivity index (χ2n) is 6.70. The van der Waals surface area contributed by atoms with Gasteiger partial charge >= 0.3 is 0 Å². The van der Waals surface area contributed by atoms with Crippen molar-refractivity contribution in [3.63, 3.8) is 0 Å². The molecule has 0 aliphatic carbocycles. The number of rotatable bonds is 9. The molecule has 8 heteroatoms. The quantitative estimate of drug-likeness (QED) is 0.464. The van der Waals surface area contributed by atoms with Crippen LogP contribution in [0.25, 0.3) is 0 Å². The van der Waals surface area contributed by atoms with Gasteiger partial charge in [-0.05, 0) is 56.2 Å². The van der Waals surface area contributed by atoms with E-state index in [-0.39, 0.29) is 6.10 Å².